The highest BCUT2D eigenvalue weighted by atomic mass is 79.9. The zero-order chi connectivity index (χ0) is 15.5. The second-order valence-electron chi connectivity index (χ2n) is 4.97. The van der Waals surface area contributed by atoms with Crippen LogP contribution in [0.15, 0.2) is 15.5 Å². The van der Waals surface area contributed by atoms with Crippen LogP contribution in [0.1, 0.15) is 19.3 Å². The van der Waals surface area contributed by atoms with Crippen molar-refractivity contribution in [3.63, 3.8) is 0 Å². The van der Waals surface area contributed by atoms with Gasteiger partial charge in [0.2, 0.25) is 0 Å². The van der Waals surface area contributed by atoms with E-state index in [0.717, 1.165) is 32.4 Å². The van der Waals surface area contributed by atoms with Crippen LogP contribution in [0.3, 0.4) is 0 Å². The molecular weight excluding hydrogens is 353 g/mol. The lowest BCUT2D eigenvalue weighted by Gasteiger charge is -2.18. The predicted octanol–water partition coefficient (Wildman–Crippen LogP) is 2.12. The number of hydrogen-bond donors (Lipinski definition) is 2. The van der Waals surface area contributed by atoms with Crippen molar-refractivity contribution in [1.82, 2.24) is 15.1 Å². The van der Waals surface area contributed by atoms with Crippen LogP contribution in [0.2, 0.25) is 0 Å². The first-order valence-corrected chi connectivity index (χ1v) is 7.46. The third-order valence-electron chi connectivity index (χ3n) is 3.25. The maximum Gasteiger partial charge on any atom is 0.408 e. The minimum absolute atomic E-state index is 0.0824. The molecule has 1 aliphatic rings. The molecule has 0 aromatic carbocycles. The average Bonchev–Trinajstić information content (AvgIpc) is 2.66. The van der Waals surface area contributed by atoms with Crippen LogP contribution in [0, 0.1) is 0 Å². The van der Waals surface area contributed by atoms with Crippen molar-refractivity contribution in [2.24, 2.45) is 0 Å². The number of aromatic nitrogens is 2. The first kappa shape index (κ1) is 16.3. The normalized spacial score (nSPS) is 20.1. The van der Waals surface area contributed by atoms with E-state index < -0.39 is 18.3 Å². The van der Waals surface area contributed by atoms with E-state index in [1.165, 1.54) is 6.20 Å². The van der Waals surface area contributed by atoms with Gasteiger partial charge >= 0.3 is 6.18 Å². The molecule has 1 unspecified atom stereocenters. The average molecular weight is 369 g/mol. The molecule has 1 atom stereocenters. The predicted molar refractivity (Wildman–Crippen MR) is 76.4 cm³/mol. The molecule has 0 bridgehead atoms. The Morgan fingerprint density at radius 2 is 2.19 bits per heavy atom. The Morgan fingerprint density at radius 1 is 1.43 bits per heavy atom. The number of hydrogen-bond acceptors (Lipinski definition) is 4. The van der Waals surface area contributed by atoms with Crippen LogP contribution < -0.4 is 16.2 Å². The minimum atomic E-state index is -4.47. The van der Waals surface area contributed by atoms with Gasteiger partial charge in [-0.1, -0.05) is 0 Å². The maximum absolute atomic E-state index is 12.3. The molecule has 2 rings (SSSR count). The van der Waals surface area contributed by atoms with Crippen LogP contribution in [-0.4, -0.2) is 35.1 Å². The van der Waals surface area contributed by atoms with E-state index in [9.17, 15) is 18.0 Å². The summed E-state index contributed by atoms with van der Waals surface area (Å²) in [6, 6.07) is 0.177. The van der Waals surface area contributed by atoms with E-state index in [1.807, 2.05) is 0 Å². The lowest BCUT2D eigenvalue weighted by Crippen LogP contribution is -2.32. The Labute approximate surface area is 128 Å². The van der Waals surface area contributed by atoms with Gasteiger partial charge in [0.1, 0.15) is 11.0 Å². The second kappa shape index (κ2) is 6.78. The molecule has 5 nitrogen and oxygen atoms in total. The summed E-state index contributed by atoms with van der Waals surface area (Å²) in [5.41, 5.74) is -0.352. The molecule has 118 valence electrons. The van der Waals surface area contributed by atoms with E-state index in [0.29, 0.717) is 10.4 Å². The molecule has 2 N–H and O–H groups in total. The highest BCUT2D eigenvalue weighted by Gasteiger charge is 2.29. The summed E-state index contributed by atoms with van der Waals surface area (Å²) in [5.74, 6) is 0. The van der Waals surface area contributed by atoms with Gasteiger partial charge < -0.3 is 10.6 Å². The summed E-state index contributed by atoms with van der Waals surface area (Å²) in [5, 5.41) is 10.0. The molecule has 0 spiro atoms. The van der Waals surface area contributed by atoms with Gasteiger partial charge in [0, 0.05) is 6.04 Å². The summed E-state index contributed by atoms with van der Waals surface area (Å²) in [6.45, 7) is 0.427. The molecular formula is C12H16BrF3N4O. The standard InChI is InChI=1S/C12H16BrF3N4O/c13-10-9(19-8-2-1-4-17-5-3-8)6-18-20(11(10)21)7-12(14,15)16/h6,8,17,19H,1-5,7H2. The summed E-state index contributed by atoms with van der Waals surface area (Å²) >= 11 is 3.07. The van der Waals surface area contributed by atoms with E-state index in [1.54, 1.807) is 0 Å². The van der Waals surface area contributed by atoms with Gasteiger partial charge in [0.15, 0.2) is 0 Å². The Hall–Kier alpha value is -1.09. The molecule has 9 heteroatoms. The summed E-state index contributed by atoms with van der Waals surface area (Å²) < 4.78 is 37.5. The molecule has 0 aliphatic carbocycles. The fraction of sp³-hybridized carbons (Fsp3) is 0.667. The van der Waals surface area contributed by atoms with Crippen molar-refractivity contribution in [2.45, 2.75) is 38.0 Å². The second-order valence-corrected chi connectivity index (χ2v) is 5.77. The molecule has 0 amide bonds. The lowest BCUT2D eigenvalue weighted by molar-refractivity contribution is -0.143. The highest BCUT2D eigenvalue weighted by molar-refractivity contribution is 9.10. The third kappa shape index (κ3) is 4.70. The van der Waals surface area contributed by atoms with Crippen molar-refractivity contribution in [2.75, 3.05) is 18.4 Å². The number of halogens is 4. The first-order chi connectivity index (χ1) is 9.87. The van der Waals surface area contributed by atoms with Crippen LogP contribution in [-0.2, 0) is 6.54 Å². The summed E-state index contributed by atoms with van der Waals surface area (Å²) in [6.07, 6.45) is -0.384. The molecule has 1 aromatic heterocycles. The topological polar surface area (TPSA) is 59.0 Å². The lowest BCUT2D eigenvalue weighted by atomic mass is 10.1. The van der Waals surface area contributed by atoms with Gasteiger partial charge in [-0.05, 0) is 48.3 Å². The first-order valence-electron chi connectivity index (χ1n) is 6.66. The van der Waals surface area contributed by atoms with Gasteiger partial charge in [-0.25, -0.2) is 4.68 Å². The van der Waals surface area contributed by atoms with E-state index >= 15 is 0 Å². The number of anilines is 1. The third-order valence-corrected chi connectivity index (χ3v) is 4.02. The number of nitrogens with one attached hydrogen (secondary N) is 2. The van der Waals surface area contributed by atoms with Gasteiger partial charge in [-0.3, -0.25) is 4.79 Å². The van der Waals surface area contributed by atoms with Crippen molar-refractivity contribution >= 4 is 21.6 Å². The van der Waals surface area contributed by atoms with Crippen molar-refractivity contribution in [3.05, 3.63) is 21.0 Å². The van der Waals surface area contributed by atoms with Crippen molar-refractivity contribution in [3.8, 4) is 0 Å². The van der Waals surface area contributed by atoms with Crippen LogP contribution in [0.5, 0.6) is 0 Å². The Bertz CT molecular complexity index is 538. The molecule has 1 saturated heterocycles. The molecule has 1 aliphatic heterocycles. The smallest absolute Gasteiger partial charge is 0.380 e. The molecule has 2 heterocycles. The molecule has 1 aromatic rings. The van der Waals surface area contributed by atoms with Gasteiger partial charge in [-0.15, -0.1) is 0 Å². The van der Waals surface area contributed by atoms with Crippen molar-refractivity contribution < 1.29 is 13.2 Å². The Balaban J connectivity index is 2.14. The molecule has 0 saturated carbocycles. The monoisotopic (exact) mass is 368 g/mol. The van der Waals surface area contributed by atoms with E-state index in [2.05, 4.69) is 31.7 Å². The van der Waals surface area contributed by atoms with Crippen LogP contribution >= 0.6 is 15.9 Å². The van der Waals surface area contributed by atoms with E-state index in [4.69, 9.17) is 0 Å². The number of nitrogens with zero attached hydrogens (tertiary/aromatic N) is 2. The fourth-order valence-electron chi connectivity index (χ4n) is 2.23. The molecule has 0 radical (unpaired) electrons. The zero-order valence-electron chi connectivity index (χ0n) is 11.2. The van der Waals surface area contributed by atoms with E-state index in [-0.39, 0.29) is 10.5 Å². The van der Waals surface area contributed by atoms with Gasteiger partial charge in [-0.2, -0.15) is 18.3 Å². The zero-order valence-corrected chi connectivity index (χ0v) is 12.8. The molecule has 21 heavy (non-hydrogen) atoms. The maximum atomic E-state index is 12.3. The Kier molecular flexibility index (Phi) is 5.26. The van der Waals surface area contributed by atoms with Crippen LogP contribution in [0.25, 0.3) is 0 Å². The largest absolute Gasteiger partial charge is 0.408 e. The summed E-state index contributed by atoms with van der Waals surface area (Å²) in [7, 11) is 0. The van der Waals surface area contributed by atoms with Gasteiger partial charge in [0.25, 0.3) is 5.56 Å². The van der Waals surface area contributed by atoms with Crippen LogP contribution in [0.4, 0.5) is 18.9 Å². The SMILES string of the molecule is O=c1c(Br)c(NC2CCCNCC2)cnn1CC(F)(F)F. The number of rotatable bonds is 3. The van der Waals surface area contributed by atoms with Gasteiger partial charge in [0.05, 0.1) is 11.9 Å². The van der Waals surface area contributed by atoms with Crippen molar-refractivity contribution in [1.29, 1.82) is 0 Å². The fourth-order valence-corrected chi connectivity index (χ4v) is 2.65. The number of alkyl halides is 3. The highest BCUT2D eigenvalue weighted by Crippen LogP contribution is 2.21. The quantitative estimate of drug-likeness (QED) is 0.857. The molecule has 1 fully saturated rings. The summed E-state index contributed by atoms with van der Waals surface area (Å²) in [4.78, 5) is 11.9. The minimum Gasteiger partial charge on any atom is -0.380 e. The Morgan fingerprint density at radius 3 is 2.90 bits per heavy atom.